The molecule has 33 heavy (non-hydrogen) atoms. The van der Waals surface area contributed by atoms with Gasteiger partial charge in [0.25, 0.3) is 5.88 Å². The number of methoxy groups -OCH3 is 1. The van der Waals surface area contributed by atoms with Crippen molar-refractivity contribution < 1.29 is 23.0 Å². The molecule has 1 fully saturated rings. The van der Waals surface area contributed by atoms with E-state index in [-0.39, 0.29) is 28.7 Å². The SMILES string of the molecule is COc1ccc(C=NNc2ncc(F)c(N3CCOCC3)n2)cc1Oc1nc(Cl)ncc1F. The van der Waals surface area contributed by atoms with Crippen LogP contribution in [0.1, 0.15) is 5.56 Å². The number of nitrogens with zero attached hydrogens (tertiary/aromatic N) is 6. The van der Waals surface area contributed by atoms with E-state index >= 15 is 0 Å². The molecule has 1 saturated heterocycles. The van der Waals surface area contributed by atoms with E-state index < -0.39 is 11.6 Å². The second kappa shape index (κ2) is 10.3. The largest absolute Gasteiger partial charge is 0.493 e. The lowest BCUT2D eigenvalue weighted by Crippen LogP contribution is -2.37. The highest BCUT2D eigenvalue weighted by molar-refractivity contribution is 6.28. The van der Waals surface area contributed by atoms with Gasteiger partial charge in [-0.2, -0.15) is 19.5 Å². The first-order valence-electron chi connectivity index (χ1n) is 9.71. The van der Waals surface area contributed by atoms with Crippen LogP contribution < -0.4 is 19.8 Å². The van der Waals surface area contributed by atoms with Crippen LogP contribution in [-0.4, -0.2) is 59.6 Å². The number of morpholine rings is 1. The van der Waals surface area contributed by atoms with Gasteiger partial charge < -0.3 is 19.1 Å². The van der Waals surface area contributed by atoms with Crippen LogP contribution in [0.4, 0.5) is 20.5 Å². The molecular formula is C20H18ClF2N7O3. The first-order valence-corrected chi connectivity index (χ1v) is 10.1. The number of aromatic nitrogens is 4. The second-order valence-corrected chi connectivity index (χ2v) is 6.98. The van der Waals surface area contributed by atoms with Crippen LogP contribution in [0.15, 0.2) is 35.7 Å². The lowest BCUT2D eigenvalue weighted by Gasteiger charge is -2.27. The Kier molecular flexibility index (Phi) is 7.05. The smallest absolute Gasteiger partial charge is 0.260 e. The number of benzene rings is 1. The molecule has 0 unspecified atom stereocenters. The summed E-state index contributed by atoms with van der Waals surface area (Å²) in [7, 11) is 1.44. The van der Waals surface area contributed by atoms with E-state index in [4.69, 9.17) is 25.8 Å². The maximum absolute atomic E-state index is 14.1. The zero-order valence-corrected chi connectivity index (χ0v) is 18.1. The Balaban J connectivity index is 1.49. The van der Waals surface area contributed by atoms with Crippen LogP contribution in [0.2, 0.25) is 5.28 Å². The van der Waals surface area contributed by atoms with Crippen molar-refractivity contribution in [2.24, 2.45) is 5.10 Å². The Bertz CT molecular complexity index is 1160. The summed E-state index contributed by atoms with van der Waals surface area (Å²) in [6, 6.07) is 4.87. The third kappa shape index (κ3) is 5.59. The van der Waals surface area contributed by atoms with Crippen LogP contribution in [0, 0.1) is 11.6 Å². The van der Waals surface area contributed by atoms with Crippen molar-refractivity contribution in [3.63, 3.8) is 0 Å². The highest BCUT2D eigenvalue weighted by Crippen LogP contribution is 2.32. The third-order valence-electron chi connectivity index (χ3n) is 4.49. The van der Waals surface area contributed by atoms with Gasteiger partial charge >= 0.3 is 0 Å². The summed E-state index contributed by atoms with van der Waals surface area (Å²) in [6.45, 7) is 2.06. The lowest BCUT2D eigenvalue weighted by molar-refractivity contribution is 0.122. The van der Waals surface area contributed by atoms with E-state index in [1.54, 1.807) is 23.1 Å². The zero-order valence-electron chi connectivity index (χ0n) is 17.3. The zero-order chi connectivity index (χ0) is 23.2. The van der Waals surface area contributed by atoms with Gasteiger partial charge in [-0.15, -0.1) is 0 Å². The summed E-state index contributed by atoms with van der Waals surface area (Å²) in [5.74, 6) is -0.842. The Morgan fingerprint density at radius 1 is 1.12 bits per heavy atom. The van der Waals surface area contributed by atoms with Crippen LogP contribution in [0.5, 0.6) is 17.4 Å². The van der Waals surface area contributed by atoms with Crippen LogP contribution >= 0.6 is 11.6 Å². The number of hydrogen-bond donors (Lipinski definition) is 1. The van der Waals surface area contributed by atoms with Gasteiger partial charge in [-0.05, 0) is 35.4 Å². The van der Waals surface area contributed by atoms with Crippen molar-refractivity contribution in [3.05, 3.63) is 53.1 Å². The average Bonchev–Trinajstić information content (AvgIpc) is 2.83. The quantitative estimate of drug-likeness (QED) is 0.311. The van der Waals surface area contributed by atoms with E-state index in [0.717, 1.165) is 12.4 Å². The maximum Gasteiger partial charge on any atom is 0.260 e. The van der Waals surface area contributed by atoms with Crippen molar-refractivity contribution in [2.45, 2.75) is 0 Å². The molecule has 0 atom stereocenters. The van der Waals surface area contributed by atoms with Gasteiger partial charge in [0.05, 0.1) is 38.9 Å². The van der Waals surface area contributed by atoms with Gasteiger partial charge in [0, 0.05) is 13.1 Å². The summed E-state index contributed by atoms with van der Waals surface area (Å²) >= 11 is 5.71. The van der Waals surface area contributed by atoms with E-state index in [9.17, 15) is 8.78 Å². The number of anilines is 2. The van der Waals surface area contributed by atoms with E-state index in [2.05, 4.69) is 30.5 Å². The number of hydrogen-bond acceptors (Lipinski definition) is 10. The minimum atomic E-state index is -0.785. The monoisotopic (exact) mass is 477 g/mol. The van der Waals surface area contributed by atoms with Gasteiger partial charge in [0.2, 0.25) is 17.0 Å². The van der Waals surface area contributed by atoms with E-state index in [0.29, 0.717) is 37.6 Å². The molecule has 4 rings (SSSR count). The normalized spacial score (nSPS) is 13.9. The predicted molar refractivity (Wildman–Crippen MR) is 116 cm³/mol. The van der Waals surface area contributed by atoms with Crippen molar-refractivity contribution >= 4 is 29.6 Å². The Morgan fingerprint density at radius 2 is 1.91 bits per heavy atom. The average molecular weight is 478 g/mol. The molecule has 1 N–H and O–H groups in total. The number of rotatable bonds is 7. The molecule has 10 nitrogen and oxygen atoms in total. The van der Waals surface area contributed by atoms with Crippen molar-refractivity contribution in [2.75, 3.05) is 43.7 Å². The van der Waals surface area contributed by atoms with E-state index in [1.807, 2.05) is 0 Å². The van der Waals surface area contributed by atoms with Crippen LogP contribution in [0.25, 0.3) is 0 Å². The number of ether oxygens (including phenoxy) is 3. The molecular weight excluding hydrogens is 460 g/mol. The molecule has 1 aliphatic rings. The Hall–Kier alpha value is -3.64. The molecule has 13 heteroatoms. The summed E-state index contributed by atoms with van der Waals surface area (Å²) < 4.78 is 44.1. The lowest BCUT2D eigenvalue weighted by atomic mass is 10.2. The van der Waals surface area contributed by atoms with Gasteiger partial charge in [-0.25, -0.2) is 19.8 Å². The standard InChI is InChI=1S/C20H18ClF2N7O3/c1-31-15-3-2-12(8-16(15)33-18-14(23)11-24-19(21)28-18)9-26-29-20-25-10-13(22)17(27-20)30-4-6-32-7-5-30/h2-3,8-11H,4-7H2,1H3,(H,25,27,29). The first kappa shape index (κ1) is 22.6. The molecule has 172 valence electrons. The molecule has 1 aliphatic heterocycles. The number of nitrogens with one attached hydrogen (secondary N) is 1. The predicted octanol–water partition coefficient (Wildman–Crippen LogP) is 3.28. The van der Waals surface area contributed by atoms with Gasteiger partial charge in [-0.3, -0.25) is 0 Å². The summed E-state index contributed by atoms with van der Waals surface area (Å²) in [4.78, 5) is 17.1. The highest BCUT2D eigenvalue weighted by Gasteiger charge is 2.18. The minimum Gasteiger partial charge on any atom is -0.493 e. The number of hydrazone groups is 1. The number of halogens is 3. The minimum absolute atomic E-state index is 0.122. The van der Waals surface area contributed by atoms with Gasteiger partial charge in [0.1, 0.15) is 0 Å². The molecule has 0 amide bonds. The molecule has 0 spiro atoms. The molecule has 0 bridgehead atoms. The van der Waals surface area contributed by atoms with Crippen molar-refractivity contribution in [1.29, 1.82) is 0 Å². The van der Waals surface area contributed by atoms with Crippen LogP contribution in [0.3, 0.4) is 0 Å². The Labute approximate surface area is 192 Å². The summed E-state index contributed by atoms with van der Waals surface area (Å²) in [5.41, 5.74) is 3.24. The van der Waals surface area contributed by atoms with Gasteiger partial charge in [-0.1, -0.05) is 0 Å². The fraction of sp³-hybridized carbons (Fsp3) is 0.250. The summed E-state index contributed by atoms with van der Waals surface area (Å²) in [6.07, 6.45) is 3.44. The molecule has 3 aromatic rings. The molecule has 0 aliphatic carbocycles. The topological polar surface area (TPSA) is 107 Å². The van der Waals surface area contributed by atoms with E-state index in [1.165, 1.54) is 13.3 Å². The highest BCUT2D eigenvalue weighted by atomic mass is 35.5. The molecule has 3 heterocycles. The Morgan fingerprint density at radius 3 is 2.70 bits per heavy atom. The fourth-order valence-electron chi connectivity index (χ4n) is 2.93. The van der Waals surface area contributed by atoms with Gasteiger partial charge in [0.15, 0.2) is 23.1 Å². The van der Waals surface area contributed by atoms with Crippen molar-refractivity contribution in [3.8, 4) is 17.4 Å². The second-order valence-electron chi connectivity index (χ2n) is 6.64. The van der Waals surface area contributed by atoms with Crippen LogP contribution in [-0.2, 0) is 4.74 Å². The first-order chi connectivity index (χ1) is 16.0. The van der Waals surface area contributed by atoms with Crippen molar-refractivity contribution in [1.82, 2.24) is 19.9 Å². The fourth-order valence-corrected chi connectivity index (χ4v) is 3.06. The maximum atomic E-state index is 14.1. The molecule has 0 saturated carbocycles. The molecule has 2 aromatic heterocycles. The summed E-state index contributed by atoms with van der Waals surface area (Å²) in [5, 5.41) is 3.92. The molecule has 0 radical (unpaired) electrons. The third-order valence-corrected chi connectivity index (χ3v) is 4.67. The molecule has 1 aromatic carbocycles.